The Morgan fingerprint density at radius 1 is 1.24 bits per heavy atom. The van der Waals surface area contributed by atoms with Crippen molar-refractivity contribution in [1.82, 2.24) is 9.97 Å². The maximum Gasteiger partial charge on any atom is 0.227 e. The van der Waals surface area contributed by atoms with Crippen molar-refractivity contribution >= 4 is 28.2 Å². The van der Waals surface area contributed by atoms with Gasteiger partial charge in [0.25, 0.3) is 0 Å². The predicted molar refractivity (Wildman–Crippen MR) is 80.2 cm³/mol. The van der Waals surface area contributed by atoms with Crippen molar-refractivity contribution in [3.05, 3.63) is 65.4 Å². The van der Waals surface area contributed by atoms with Crippen LogP contribution in [0.4, 0.5) is 21.7 Å². The zero-order valence-electron chi connectivity index (χ0n) is 11.3. The van der Waals surface area contributed by atoms with Crippen LogP contribution in [0.5, 0.6) is 0 Å². The van der Waals surface area contributed by atoms with Crippen LogP contribution < -0.4 is 5.32 Å². The van der Waals surface area contributed by atoms with E-state index in [0.717, 1.165) is 16.5 Å². The Labute approximate surface area is 121 Å². The van der Waals surface area contributed by atoms with Crippen LogP contribution in [0.3, 0.4) is 0 Å². The average Bonchev–Trinajstić information content (AvgIpc) is 2.48. The number of aromatic nitrogens is 2. The monoisotopic (exact) mass is 278 g/mol. The Kier molecular flexibility index (Phi) is 3.20. The molecule has 1 N–H and O–H groups in total. The first-order chi connectivity index (χ1) is 10.2. The number of nitrogens with one attached hydrogen (secondary N) is 1. The van der Waals surface area contributed by atoms with Gasteiger partial charge in [-0.3, -0.25) is 0 Å². The largest absolute Gasteiger partial charge is 0.324 e. The standard InChI is InChI=1S/C16H11FN4/c1-10-4-3-5-11-9-19-16(21-15(10)11)20-12-6-7-14(18-2)13(17)8-12/h3-9H,1H3,(H,19,20,21). The molecule has 3 rings (SSSR count). The first-order valence-electron chi connectivity index (χ1n) is 6.34. The van der Waals surface area contributed by atoms with Gasteiger partial charge in [0.1, 0.15) is 5.82 Å². The third-order valence-corrected chi connectivity index (χ3v) is 3.14. The third-order valence-electron chi connectivity index (χ3n) is 3.14. The molecule has 5 heteroatoms. The van der Waals surface area contributed by atoms with Crippen LogP contribution in [0, 0.1) is 19.3 Å². The van der Waals surface area contributed by atoms with Crippen LogP contribution in [-0.2, 0) is 0 Å². The molecule has 1 heterocycles. The van der Waals surface area contributed by atoms with Crippen molar-refractivity contribution in [2.45, 2.75) is 6.92 Å². The van der Waals surface area contributed by atoms with E-state index in [1.54, 1.807) is 12.3 Å². The lowest BCUT2D eigenvalue weighted by molar-refractivity contribution is 0.634. The second kappa shape index (κ2) is 5.17. The molecule has 21 heavy (non-hydrogen) atoms. The molecule has 1 aromatic heterocycles. The molecular formula is C16H11FN4. The molecule has 0 aliphatic rings. The number of nitrogens with zero attached hydrogens (tertiary/aromatic N) is 3. The van der Waals surface area contributed by atoms with Gasteiger partial charge >= 0.3 is 0 Å². The van der Waals surface area contributed by atoms with Gasteiger partial charge in [-0.15, -0.1) is 0 Å². The normalized spacial score (nSPS) is 10.3. The van der Waals surface area contributed by atoms with Gasteiger partial charge in [0.15, 0.2) is 0 Å². The van der Waals surface area contributed by atoms with Crippen molar-refractivity contribution < 1.29 is 4.39 Å². The summed E-state index contributed by atoms with van der Waals surface area (Å²) in [5.41, 5.74) is 2.41. The van der Waals surface area contributed by atoms with E-state index in [1.165, 1.54) is 12.1 Å². The van der Waals surface area contributed by atoms with Crippen molar-refractivity contribution in [3.8, 4) is 0 Å². The summed E-state index contributed by atoms with van der Waals surface area (Å²) < 4.78 is 13.6. The second-order valence-corrected chi connectivity index (χ2v) is 4.61. The maximum atomic E-state index is 13.6. The lowest BCUT2D eigenvalue weighted by Gasteiger charge is -2.07. The van der Waals surface area contributed by atoms with Crippen LogP contribution in [-0.4, -0.2) is 9.97 Å². The first-order valence-corrected chi connectivity index (χ1v) is 6.34. The van der Waals surface area contributed by atoms with Gasteiger partial charge in [0.2, 0.25) is 11.6 Å². The molecule has 0 bridgehead atoms. The summed E-state index contributed by atoms with van der Waals surface area (Å²) in [5.74, 6) is -0.168. The van der Waals surface area contributed by atoms with E-state index >= 15 is 0 Å². The van der Waals surface area contributed by atoms with E-state index < -0.39 is 5.82 Å². The number of hydrogen-bond donors (Lipinski definition) is 1. The fourth-order valence-corrected chi connectivity index (χ4v) is 2.07. The molecule has 0 radical (unpaired) electrons. The van der Waals surface area contributed by atoms with Gasteiger partial charge in [-0.2, -0.15) is 0 Å². The summed E-state index contributed by atoms with van der Waals surface area (Å²) >= 11 is 0. The lowest BCUT2D eigenvalue weighted by atomic mass is 10.1. The molecule has 0 saturated heterocycles. The predicted octanol–water partition coefficient (Wildman–Crippen LogP) is 4.37. The maximum absolute atomic E-state index is 13.6. The topological polar surface area (TPSA) is 42.2 Å². The fourth-order valence-electron chi connectivity index (χ4n) is 2.07. The Bertz CT molecular complexity index is 868. The fraction of sp³-hybridized carbons (Fsp3) is 0.0625. The highest BCUT2D eigenvalue weighted by molar-refractivity contribution is 5.82. The van der Waals surface area contributed by atoms with E-state index in [2.05, 4.69) is 20.1 Å². The third kappa shape index (κ3) is 2.51. The summed E-state index contributed by atoms with van der Waals surface area (Å²) in [5, 5.41) is 3.90. The van der Waals surface area contributed by atoms with E-state index in [9.17, 15) is 4.39 Å². The van der Waals surface area contributed by atoms with Crippen LogP contribution in [0.15, 0.2) is 42.6 Å². The quantitative estimate of drug-likeness (QED) is 0.708. The number of hydrogen-bond acceptors (Lipinski definition) is 3. The molecule has 0 saturated carbocycles. The molecule has 0 amide bonds. The minimum absolute atomic E-state index is 0.00387. The summed E-state index contributed by atoms with van der Waals surface area (Å²) in [7, 11) is 0. The highest BCUT2D eigenvalue weighted by Gasteiger charge is 2.06. The minimum Gasteiger partial charge on any atom is -0.324 e. The van der Waals surface area contributed by atoms with Gasteiger partial charge in [-0.25, -0.2) is 19.2 Å². The van der Waals surface area contributed by atoms with Crippen molar-refractivity contribution in [2.24, 2.45) is 0 Å². The molecule has 0 aliphatic heterocycles. The van der Waals surface area contributed by atoms with Crippen LogP contribution in [0.2, 0.25) is 0 Å². The number of halogens is 1. The average molecular weight is 278 g/mol. The van der Waals surface area contributed by atoms with Crippen LogP contribution in [0.1, 0.15) is 5.56 Å². The Morgan fingerprint density at radius 2 is 2.10 bits per heavy atom. The van der Waals surface area contributed by atoms with E-state index in [-0.39, 0.29) is 5.69 Å². The lowest BCUT2D eigenvalue weighted by Crippen LogP contribution is -1.98. The highest BCUT2D eigenvalue weighted by atomic mass is 19.1. The molecule has 0 spiro atoms. The number of fused-ring (bicyclic) bond motifs is 1. The molecule has 0 atom stereocenters. The smallest absolute Gasteiger partial charge is 0.227 e. The van der Waals surface area contributed by atoms with Crippen molar-refractivity contribution in [3.63, 3.8) is 0 Å². The number of para-hydroxylation sites is 1. The Morgan fingerprint density at radius 3 is 2.86 bits per heavy atom. The Hall–Kier alpha value is -3.00. The van der Waals surface area contributed by atoms with Gasteiger partial charge < -0.3 is 5.32 Å². The zero-order chi connectivity index (χ0) is 14.8. The molecule has 102 valence electrons. The molecule has 0 unspecified atom stereocenters. The van der Waals surface area contributed by atoms with E-state index in [1.807, 2.05) is 25.1 Å². The minimum atomic E-state index is -0.563. The summed E-state index contributed by atoms with van der Waals surface area (Å²) in [6.07, 6.45) is 1.72. The van der Waals surface area contributed by atoms with E-state index in [4.69, 9.17) is 6.57 Å². The highest BCUT2D eigenvalue weighted by Crippen LogP contribution is 2.24. The van der Waals surface area contributed by atoms with Crippen LogP contribution >= 0.6 is 0 Å². The molecule has 4 nitrogen and oxygen atoms in total. The second-order valence-electron chi connectivity index (χ2n) is 4.61. The zero-order valence-corrected chi connectivity index (χ0v) is 11.3. The van der Waals surface area contributed by atoms with Gasteiger partial charge in [0, 0.05) is 17.3 Å². The number of rotatable bonds is 2. The molecule has 0 fully saturated rings. The van der Waals surface area contributed by atoms with Crippen molar-refractivity contribution in [2.75, 3.05) is 5.32 Å². The molecule has 3 aromatic rings. The molecule has 2 aromatic carbocycles. The van der Waals surface area contributed by atoms with Gasteiger partial charge in [-0.1, -0.05) is 24.3 Å². The molecular weight excluding hydrogens is 267 g/mol. The van der Waals surface area contributed by atoms with Gasteiger partial charge in [-0.05, 0) is 24.6 Å². The summed E-state index contributed by atoms with van der Waals surface area (Å²) in [6, 6.07) is 10.2. The van der Waals surface area contributed by atoms with Gasteiger partial charge in [0.05, 0.1) is 12.1 Å². The number of aryl methyl sites for hydroxylation is 1. The first kappa shape index (κ1) is 13.0. The van der Waals surface area contributed by atoms with Crippen molar-refractivity contribution in [1.29, 1.82) is 0 Å². The number of benzene rings is 2. The summed E-state index contributed by atoms with van der Waals surface area (Å²) in [6.45, 7) is 8.81. The summed E-state index contributed by atoms with van der Waals surface area (Å²) in [4.78, 5) is 11.7. The number of anilines is 2. The molecule has 0 aliphatic carbocycles. The Balaban J connectivity index is 1.97. The van der Waals surface area contributed by atoms with Crippen LogP contribution in [0.25, 0.3) is 15.7 Å². The van der Waals surface area contributed by atoms with E-state index in [0.29, 0.717) is 11.6 Å². The SMILES string of the molecule is [C-]#[N+]c1ccc(Nc2ncc3cccc(C)c3n2)cc1F.